The third-order valence-corrected chi connectivity index (χ3v) is 6.34. The van der Waals surface area contributed by atoms with Crippen LogP contribution in [0.5, 0.6) is 0 Å². The van der Waals surface area contributed by atoms with Crippen LogP contribution in [0.2, 0.25) is 0 Å². The second-order valence-corrected chi connectivity index (χ2v) is 10.6. The number of amides is 4. The Balaban J connectivity index is 4.16. The van der Waals surface area contributed by atoms with E-state index in [0.29, 0.717) is 6.61 Å². The predicted octanol–water partition coefficient (Wildman–Crippen LogP) is -2.24. The highest BCUT2D eigenvalue weighted by Crippen LogP contribution is 2.07. The molecule has 0 aromatic carbocycles. The molecule has 0 aromatic rings. The van der Waals surface area contributed by atoms with E-state index >= 15 is 0 Å². The molecule has 3 atom stereocenters. The summed E-state index contributed by atoms with van der Waals surface area (Å²) in [6.45, 7) is 2.85. The van der Waals surface area contributed by atoms with Gasteiger partial charge in [0.1, 0.15) is 25.3 Å². The number of carboxylic acids is 3. The number of aliphatic carboxylic acids is 3. The van der Waals surface area contributed by atoms with Crippen LogP contribution in [0.3, 0.4) is 0 Å². The maximum Gasteiger partial charge on any atom is 0.326 e. The van der Waals surface area contributed by atoms with Crippen LogP contribution in [0.1, 0.15) is 45.4 Å². The molecular formula is C30H49N5O15. The first kappa shape index (κ1) is 45.5. The van der Waals surface area contributed by atoms with E-state index in [4.69, 9.17) is 24.1 Å². The Hall–Kier alpha value is -4.53. The topological polar surface area (TPSA) is 295 Å². The van der Waals surface area contributed by atoms with Crippen molar-refractivity contribution in [3.63, 3.8) is 0 Å². The number of nitrogens with one attached hydrogen (secondary N) is 4. The molecular weight excluding hydrogens is 670 g/mol. The minimum absolute atomic E-state index is 0.0299. The zero-order valence-electron chi connectivity index (χ0n) is 28.3. The number of carboxylic acid groups (broad SMARTS) is 3. The van der Waals surface area contributed by atoms with Crippen molar-refractivity contribution in [2.75, 3.05) is 73.0 Å². The fourth-order valence-corrected chi connectivity index (χ4v) is 3.81. The summed E-state index contributed by atoms with van der Waals surface area (Å²) in [5, 5.41) is 37.5. The van der Waals surface area contributed by atoms with Crippen LogP contribution in [0.15, 0.2) is 4.99 Å². The Bertz CT molecular complexity index is 1130. The summed E-state index contributed by atoms with van der Waals surface area (Å²) in [6, 6.07) is -2.91. The lowest BCUT2D eigenvalue weighted by Crippen LogP contribution is -2.44. The second-order valence-electron chi connectivity index (χ2n) is 10.6. The summed E-state index contributed by atoms with van der Waals surface area (Å²) in [7, 11) is 1.37. The first-order chi connectivity index (χ1) is 23.8. The quantitative estimate of drug-likeness (QED) is 0.0294. The molecule has 7 N–H and O–H groups in total. The van der Waals surface area contributed by atoms with Gasteiger partial charge in [0.15, 0.2) is 5.78 Å². The fraction of sp³-hybridized carbons (Fsp3) is 0.700. The van der Waals surface area contributed by atoms with Gasteiger partial charge in [-0.25, -0.2) is 9.59 Å². The summed E-state index contributed by atoms with van der Waals surface area (Å²) in [4.78, 5) is 96.9. The van der Waals surface area contributed by atoms with Crippen LogP contribution in [-0.4, -0.2) is 154 Å². The van der Waals surface area contributed by atoms with E-state index in [1.807, 2.05) is 0 Å². The van der Waals surface area contributed by atoms with Crippen molar-refractivity contribution in [2.24, 2.45) is 10.9 Å². The van der Waals surface area contributed by atoms with Crippen LogP contribution in [0.4, 0.5) is 0 Å². The highest BCUT2D eigenvalue weighted by atomic mass is 16.5. The minimum atomic E-state index is -1.48. The van der Waals surface area contributed by atoms with E-state index in [1.165, 1.54) is 14.0 Å². The third-order valence-electron chi connectivity index (χ3n) is 6.34. The number of Topliss-reactive ketones (excluding diaryl/α,β-unsaturated/α-hetero) is 1. The summed E-state index contributed by atoms with van der Waals surface area (Å²) in [6.07, 6.45) is -0.588. The highest BCUT2D eigenvalue weighted by Gasteiger charge is 2.25. The molecule has 0 unspecified atom stereocenters. The van der Waals surface area contributed by atoms with Gasteiger partial charge in [-0.2, -0.15) is 0 Å². The third kappa shape index (κ3) is 25.5. The molecule has 0 saturated heterocycles. The van der Waals surface area contributed by atoms with Gasteiger partial charge in [-0.05, 0) is 26.2 Å². The van der Waals surface area contributed by atoms with Crippen molar-refractivity contribution >= 4 is 53.5 Å². The lowest BCUT2D eigenvalue weighted by atomic mass is 10.0. The van der Waals surface area contributed by atoms with E-state index in [9.17, 15) is 48.6 Å². The first-order valence-corrected chi connectivity index (χ1v) is 15.8. The molecule has 0 fully saturated rings. The molecule has 0 aliphatic heterocycles. The number of nitrogens with zero attached hydrogens (tertiary/aromatic N) is 1. The number of hydrogen-bond acceptors (Lipinski definition) is 13. The van der Waals surface area contributed by atoms with Crippen LogP contribution in [0, 0.1) is 5.92 Å². The molecule has 284 valence electrons. The number of carbonyl (C=O) groups is 8. The van der Waals surface area contributed by atoms with Gasteiger partial charge in [-0.1, -0.05) is 0 Å². The van der Waals surface area contributed by atoms with Crippen LogP contribution < -0.4 is 21.3 Å². The Morgan fingerprint density at radius 3 is 1.48 bits per heavy atom. The number of hydrogen-bond donors (Lipinski definition) is 7. The van der Waals surface area contributed by atoms with Crippen LogP contribution in [-0.2, 0) is 57.3 Å². The van der Waals surface area contributed by atoms with Crippen molar-refractivity contribution in [1.29, 1.82) is 0 Å². The average Bonchev–Trinajstić information content (AvgIpc) is 3.04. The molecule has 20 nitrogen and oxygen atoms in total. The smallest absolute Gasteiger partial charge is 0.326 e. The largest absolute Gasteiger partial charge is 0.481 e. The van der Waals surface area contributed by atoms with E-state index in [1.54, 1.807) is 0 Å². The number of carbonyl (C=O) groups excluding carboxylic acids is 5. The Kier molecular flexibility index (Phi) is 25.8. The maximum atomic E-state index is 12.3. The molecule has 0 heterocycles. The first-order valence-electron chi connectivity index (χ1n) is 15.8. The van der Waals surface area contributed by atoms with Crippen molar-refractivity contribution in [3.05, 3.63) is 0 Å². The molecule has 0 spiro atoms. The zero-order chi connectivity index (χ0) is 37.7. The minimum Gasteiger partial charge on any atom is -0.481 e. The number of ether oxygens (including phenoxy) is 4. The SMILES string of the molecule is CN=C[C@H](CCC(=O)N[C@H](CCC(=O)N[C@H](CCC(=O)NCCOCCOCC(=O)NCCOCCOCC(C)=O)C(=O)O)C(=O)O)C(=O)O. The van der Waals surface area contributed by atoms with Gasteiger partial charge in [-0.3, -0.25) is 33.8 Å². The Morgan fingerprint density at radius 1 is 0.580 bits per heavy atom. The monoisotopic (exact) mass is 719 g/mol. The summed E-state index contributed by atoms with van der Waals surface area (Å²) >= 11 is 0. The molecule has 20 heteroatoms. The lowest BCUT2D eigenvalue weighted by molar-refractivity contribution is -0.143. The lowest BCUT2D eigenvalue weighted by Gasteiger charge is -2.17. The molecule has 0 aliphatic carbocycles. The molecule has 0 aliphatic rings. The van der Waals surface area contributed by atoms with Gasteiger partial charge in [0.05, 0.1) is 45.6 Å². The van der Waals surface area contributed by atoms with E-state index in [-0.39, 0.29) is 103 Å². The van der Waals surface area contributed by atoms with Crippen molar-refractivity contribution in [2.45, 2.75) is 57.5 Å². The van der Waals surface area contributed by atoms with Gasteiger partial charge in [0.25, 0.3) is 0 Å². The van der Waals surface area contributed by atoms with E-state index in [0.717, 1.165) is 6.21 Å². The second kappa shape index (κ2) is 28.3. The van der Waals surface area contributed by atoms with Gasteiger partial charge < -0.3 is 55.5 Å². The van der Waals surface area contributed by atoms with Crippen molar-refractivity contribution in [3.8, 4) is 0 Å². The van der Waals surface area contributed by atoms with E-state index in [2.05, 4.69) is 26.3 Å². The molecule has 0 saturated carbocycles. The summed E-state index contributed by atoms with van der Waals surface area (Å²) in [5.41, 5.74) is 0. The number of rotatable bonds is 31. The normalized spacial score (nSPS) is 12.8. The van der Waals surface area contributed by atoms with Crippen LogP contribution >= 0.6 is 0 Å². The zero-order valence-corrected chi connectivity index (χ0v) is 28.3. The van der Waals surface area contributed by atoms with Gasteiger partial charge >= 0.3 is 17.9 Å². The Labute approximate surface area is 289 Å². The van der Waals surface area contributed by atoms with Gasteiger partial charge in [0.2, 0.25) is 23.6 Å². The van der Waals surface area contributed by atoms with Gasteiger partial charge in [-0.15, -0.1) is 0 Å². The molecule has 50 heavy (non-hydrogen) atoms. The molecule has 0 bridgehead atoms. The molecule has 0 radical (unpaired) electrons. The number of aliphatic imine (C=N–C) groups is 1. The average molecular weight is 720 g/mol. The summed E-state index contributed by atoms with van der Waals surface area (Å²) < 4.78 is 20.8. The molecule has 4 amide bonds. The highest BCUT2D eigenvalue weighted by molar-refractivity contribution is 5.90. The van der Waals surface area contributed by atoms with Crippen molar-refractivity contribution < 1.29 is 72.6 Å². The summed E-state index contributed by atoms with van der Waals surface area (Å²) in [5.74, 6) is -7.55. The number of ketones is 1. The molecule has 0 rings (SSSR count). The van der Waals surface area contributed by atoms with Crippen molar-refractivity contribution in [1.82, 2.24) is 21.3 Å². The standard InChI is InChI=1S/C30H49N5O15/c1-20(36)18-49-15-13-48-12-10-33-27(40)19-50-16-14-47-11-9-32-24(37)7-4-22(29(43)44)35-26(39)8-5-23(30(45)46)34-25(38)6-3-21(17-31-2)28(41)42/h17,21-23H,3-16,18-19H2,1-2H3,(H,32,37)(H,33,40)(H,34,38)(H,35,39)(H,41,42)(H,43,44)(H,45,46)/t21-,22+,23+/m0/s1. The van der Waals surface area contributed by atoms with Crippen LogP contribution in [0.25, 0.3) is 0 Å². The maximum absolute atomic E-state index is 12.3. The van der Waals surface area contributed by atoms with E-state index < -0.39 is 60.1 Å². The Morgan fingerprint density at radius 2 is 1.02 bits per heavy atom. The fourth-order valence-electron chi connectivity index (χ4n) is 3.81. The predicted molar refractivity (Wildman–Crippen MR) is 172 cm³/mol. The molecule has 0 aromatic heterocycles. The van der Waals surface area contributed by atoms with Gasteiger partial charge in [0, 0.05) is 45.6 Å².